The van der Waals surface area contributed by atoms with Gasteiger partial charge in [-0.25, -0.2) is 8.42 Å². The van der Waals surface area contributed by atoms with Crippen LogP contribution in [-0.4, -0.2) is 62.2 Å². The van der Waals surface area contributed by atoms with Gasteiger partial charge >= 0.3 is 0 Å². The molecule has 1 atom stereocenters. The van der Waals surface area contributed by atoms with Gasteiger partial charge in [0.05, 0.1) is 5.92 Å². The van der Waals surface area contributed by atoms with Crippen LogP contribution in [0.15, 0.2) is 40.6 Å². The van der Waals surface area contributed by atoms with Gasteiger partial charge in [-0.05, 0) is 64.0 Å². The van der Waals surface area contributed by atoms with E-state index in [9.17, 15) is 13.2 Å². The van der Waals surface area contributed by atoms with E-state index in [2.05, 4.69) is 29.2 Å². The molecule has 0 saturated carbocycles. The van der Waals surface area contributed by atoms with Gasteiger partial charge in [-0.1, -0.05) is 24.3 Å². The van der Waals surface area contributed by atoms with Gasteiger partial charge in [0.25, 0.3) is 10.0 Å². The molecule has 1 fully saturated rings. The van der Waals surface area contributed by atoms with Crippen LogP contribution in [0.5, 0.6) is 0 Å². The molecule has 3 rings (SSSR count). The van der Waals surface area contributed by atoms with Gasteiger partial charge < -0.3 is 9.80 Å². The molecule has 31 heavy (non-hydrogen) atoms. The minimum atomic E-state index is -3.54. The Morgan fingerprint density at radius 2 is 1.74 bits per heavy atom. The molecule has 2 heterocycles. The van der Waals surface area contributed by atoms with Crippen LogP contribution in [0.3, 0.4) is 0 Å². The number of sulfonamides is 1. The highest BCUT2D eigenvalue weighted by Crippen LogP contribution is 2.29. The van der Waals surface area contributed by atoms with E-state index >= 15 is 0 Å². The number of piperidine rings is 1. The molecule has 1 unspecified atom stereocenters. The predicted octanol–water partition coefficient (Wildman–Crippen LogP) is 3.57. The number of carbonyl (C=O) groups is 1. The van der Waals surface area contributed by atoms with Gasteiger partial charge in [0.2, 0.25) is 5.91 Å². The monoisotopic (exact) mass is 463 g/mol. The number of amides is 1. The van der Waals surface area contributed by atoms with E-state index in [1.807, 2.05) is 38.9 Å². The van der Waals surface area contributed by atoms with Gasteiger partial charge in [-0.2, -0.15) is 4.31 Å². The summed E-state index contributed by atoms with van der Waals surface area (Å²) in [5, 5.41) is 0. The van der Waals surface area contributed by atoms with E-state index in [0.29, 0.717) is 30.3 Å². The SMILES string of the molecule is CCN(Cc1ccc(CN(C)C)cc1)C(=O)C1CCCN(S(=O)(=O)c2ccc(C)s2)C1. The molecule has 1 saturated heterocycles. The Morgan fingerprint density at radius 1 is 1.10 bits per heavy atom. The van der Waals surface area contributed by atoms with Crippen molar-refractivity contribution in [2.45, 2.75) is 44.0 Å². The van der Waals surface area contributed by atoms with Crippen LogP contribution in [-0.2, 0) is 27.9 Å². The fraction of sp³-hybridized carbons (Fsp3) is 0.522. The van der Waals surface area contributed by atoms with Crippen LogP contribution < -0.4 is 0 Å². The Balaban J connectivity index is 1.67. The second kappa shape index (κ2) is 10.3. The highest BCUT2D eigenvalue weighted by atomic mass is 32.2. The predicted molar refractivity (Wildman–Crippen MR) is 125 cm³/mol. The third-order valence-corrected chi connectivity index (χ3v) is 8.97. The first-order valence-corrected chi connectivity index (χ1v) is 13.0. The Kier molecular flexibility index (Phi) is 7.91. The van der Waals surface area contributed by atoms with Crippen molar-refractivity contribution in [3.8, 4) is 0 Å². The summed E-state index contributed by atoms with van der Waals surface area (Å²) in [6, 6.07) is 11.8. The van der Waals surface area contributed by atoms with Crippen LogP contribution in [0.1, 0.15) is 35.8 Å². The normalized spacial score (nSPS) is 17.8. The van der Waals surface area contributed by atoms with E-state index in [0.717, 1.165) is 23.4 Å². The molecule has 2 aromatic rings. The maximum atomic E-state index is 13.3. The van der Waals surface area contributed by atoms with Gasteiger partial charge in [0, 0.05) is 37.6 Å². The first-order valence-electron chi connectivity index (χ1n) is 10.8. The van der Waals surface area contributed by atoms with Crippen molar-refractivity contribution < 1.29 is 13.2 Å². The molecule has 0 spiro atoms. The van der Waals surface area contributed by atoms with Crippen LogP contribution in [0.25, 0.3) is 0 Å². The fourth-order valence-electron chi connectivity index (χ4n) is 3.98. The number of thiophene rings is 1. The van der Waals surface area contributed by atoms with Gasteiger partial charge in [-0.3, -0.25) is 4.79 Å². The fourth-order valence-corrected chi connectivity index (χ4v) is 6.94. The first kappa shape index (κ1) is 23.9. The highest BCUT2D eigenvalue weighted by Gasteiger charge is 2.35. The lowest BCUT2D eigenvalue weighted by Crippen LogP contribution is -2.46. The second-order valence-corrected chi connectivity index (χ2v) is 11.9. The van der Waals surface area contributed by atoms with Crippen molar-refractivity contribution in [2.75, 3.05) is 33.7 Å². The number of benzene rings is 1. The van der Waals surface area contributed by atoms with Crippen molar-refractivity contribution in [3.05, 3.63) is 52.4 Å². The van der Waals surface area contributed by atoms with Crippen LogP contribution in [0.4, 0.5) is 0 Å². The Hall–Kier alpha value is -1.74. The molecular weight excluding hydrogens is 430 g/mol. The van der Waals surface area contributed by atoms with Crippen molar-refractivity contribution in [1.82, 2.24) is 14.1 Å². The van der Waals surface area contributed by atoms with Crippen LogP contribution >= 0.6 is 11.3 Å². The van der Waals surface area contributed by atoms with Crippen molar-refractivity contribution in [3.63, 3.8) is 0 Å². The second-order valence-electron chi connectivity index (χ2n) is 8.47. The Labute approximate surface area is 190 Å². The highest BCUT2D eigenvalue weighted by molar-refractivity contribution is 7.91. The van der Waals surface area contributed by atoms with E-state index in [4.69, 9.17) is 0 Å². The number of hydrogen-bond acceptors (Lipinski definition) is 5. The smallest absolute Gasteiger partial charge is 0.252 e. The summed E-state index contributed by atoms with van der Waals surface area (Å²) >= 11 is 1.29. The Bertz CT molecular complexity index is 984. The zero-order valence-electron chi connectivity index (χ0n) is 18.9. The molecular formula is C23H33N3O3S2. The maximum absolute atomic E-state index is 13.3. The molecule has 8 heteroatoms. The van der Waals surface area contributed by atoms with E-state index in [-0.39, 0.29) is 18.4 Å². The van der Waals surface area contributed by atoms with Crippen LogP contribution in [0.2, 0.25) is 0 Å². The van der Waals surface area contributed by atoms with Crippen molar-refractivity contribution in [1.29, 1.82) is 0 Å². The number of rotatable bonds is 8. The summed E-state index contributed by atoms with van der Waals surface area (Å²) in [6.45, 7) is 6.64. The number of aryl methyl sites for hydroxylation is 1. The Morgan fingerprint density at radius 3 is 2.29 bits per heavy atom. The molecule has 1 aliphatic rings. The zero-order valence-corrected chi connectivity index (χ0v) is 20.5. The lowest BCUT2D eigenvalue weighted by molar-refractivity contribution is -0.137. The van der Waals surface area contributed by atoms with Gasteiger partial charge in [-0.15, -0.1) is 11.3 Å². The topological polar surface area (TPSA) is 60.9 Å². The molecule has 0 N–H and O–H groups in total. The molecule has 0 aliphatic carbocycles. The zero-order chi connectivity index (χ0) is 22.6. The summed E-state index contributed by atoms with van der Waals surface area (Å²) in [5.74, 6) is -0.250. The average Bonchev–Trinajstić information content (AvgIpc) is 3.19. The lowest BCUT2D eigenvalue weighted by Gasteiger charge is -2.34. The molecule has 170 valence electrons. The largest absolute Gasteiger partial charge is 0.338 e. The van der Waals surface area contributed by atoms with Gasteiger partial charge in [0.15, 0.2) is 0 Å². The number of carbonyl (C=O) groups excluding carboxylic acids is 1. The third kappa shape index (κ3) is 5.94. The summed E-state index contributed by atoms with van der Waals surface area (Å²) in [6.07, 6.45) is 1.43. The summed E-state index contributed by atoms with van der Waals surface area (Å²) < 4.78 is 27.9. The van der Waals surface area contributed by atoms with Crippen molar-refractivity contribution in [2.24, 2.45) is 5.92 Å². The molecule has 0 radical (unpaired) electrons. The van der Waals surface area contributed by atoms with E-state index in [1.165, 1.54) is 21.2 Å². The minimum absolute atomic E-state index is 0.0436. The van der Waals surface area contributed by atoms with E-state index in [1.54, 1.807) is 6.07 Å². The quantitative estimate of drug-likeness (QED) is 0.601. The molecule has 1 aromatic carbocycles. The first-order chi connectivity index (χ1) is 14.7. The average molecular weight is 464 g/mol. The van der Waals surface area contributed by atoms with E-state index < -0.39 is 10.0 Å². The summed E-state index contributed by atoms with van der Waals surface area (Å²) in [7, 11) is 0.544. The molecule has 1 aromatic heterocycles. The molecule has 6 nitrogen and oxygen atoms in total. The molecule has 0 bridgehead atoms. The standard InChI is InChI=1S/C23H33N3O3S2/c1-5-25(16-20-11-9-19(10-12-20)15-24(3)4)23(27)21-7-6-14-26(17-21)31(28,29)22-13-8-18(2)30-22/h8-13,21H,5-7,14-17H2,1-4H3. The molecule has 1 amide bonds. The van der Waals surface area contributed by atoms with Gasteiger partial charge in [0.1, 0.15) is 4.21 Å². The maximum Gasteiger partial charge on any atom is 0.252 e. The lowest BCUT2D eigenvalue weighted by atomic mass is 9.97. The van der Waals surface area contributed by atoms with Crippen LogP contribution in [0, 0.1) is 12.8 Å². The summed E-state index contributed by atoms with van der Waals surface area (Å²) in [5.41, 5.74) is 2.33. The third-order valence-electron chi connectivity index (χ3n) is 5.63. The number of hydrogen-bond donors (Lipinski definition) is 0. The minimum Gasteiger partial charge on any atom is -0.338 e. The number of nitrogens with zero attached hydrogens (tertiary/aromatic N) is 3. The van der Waals surface area contributed by atoms with Crippen molar-refractivity contribution >= 4 is 27.3 Å². The molecule has 1 aliphatic heterocycles. The summed E-state index contributed by atoms with van der Waals surface area (Å²) in [4.78, 5) is 18.2.